The summed E-state index contributed by atoms with van der Waals surface area (Å²) in [7, 11) is 1.71. The smallest absolute Gasteiger partial charge is 0.119 e. The van der Waals surface area contributed by atoms with Crippen molar-refractivity contribution in [1.82, 2.24) is 4.90 Å². The van der Waals surface area contributed by atoms with Crippen molar-refractivity contribution in [1.29, 1.82) is 0 Å². The van der Waals surface area contributed by atoms with Crippen molar-refractivity contribution in [2.75, 3.05) is 13.7 Å². The topological polar surface area (TPSA) is 38.5 Å². The molecule has 2 N–H and O–H groups in total. The summed E-state index contributed by atoms with van der Waals surface area (Å²) in [4.78, 5) is 2.38. The molecular formula is C13H20N2O. The van der Waals surface area contributed by atoms with Crippen LogP contribution in [0.25, 0.3) is 0 Å². The lowest BCUT2D eigenvalue weighted by Gasteiger charge is -2.25. The minimum Gasteiger partial charge on any atom is -0.497 e. The van der Waals surface area contributed by atoms with Crippen LogP contribution in [0.3, 0.4) is 0 Å². The summed E-state index contributed by atoms with van der Waals surface area (Å²) >= 11 is 0. The lowest BCUT2D eigenvalue weighted by molar-refractivity contribution is 0.230. The second-order valence-electron chi connectivity index (χ2n) is 5.27. The molecule has 0 spiro atoms. The maximum Gasteiger partial charge on any atom is 0.119 e. The number of nitrogens with zero attached hydrogens (tertiary/aromatic N) is 1. The molecule has 0 aliphatic carbocycles. The zero-order valence-corrected chi connectivity index (χ0v) is 10.3. The van der Waals surface area contributed by atoms with Gasteiger partial charge in [0.05, 0.1) is 7.11 Å². The van der Waals surface area contributed by atoms with E-state index in [4.69, 9.17) is 10.5 Å². The Morgan fingerprint density at radius 3 is 2.62 bits per heavy atom. The molecule has 0 amide bonds. The molecular weight excluding hydrogens is 200 g/mol. The quantitative estimate of drug-likeness (QED) is 0.843. The molecule has 88 valence electrons. The first kappa shape index (κ1) is 11.4. The van der Waals surface area contributed by atoms with Gasteiger partial charge in [0.15, 0.2) is 0 Å². The molecule has 0 aromatic heterocycles. The van der Waals surface area contributed by atoms with Gasteiger partial charge in [-0.05, 0) is 37.1 Å². The van der Waals surface area contributed by atoms with E-state index in [2.05, 4.69) is 30.9 Å². The van der Waals surface area contributed by atoms with E-state index in [9.17, 15) is 0 Å². The van der Waals surface area contributed by atoms with Crippen LogP contribution in [-0.4, -0.2) is 24.1 Å². The fourth-order valence-electron chi connectivity index (χ4n) is 2.26. The van der Waals surface area contributed by atoms with Gasteiger partial charge >= 0.3 is 0 Å². The fourth-order valence-corrected chi connectivity index (χ4v) is 2.26. The number of benzene rings is 1. The number of fused-ring (bicyclic) bond motifs is 1. The highest BCUT2D eigenvalue weighted by Crippen LogP contribution is 2.27. The Bertz CT molecular complexity index is 382. The predicted molar refractivity (Wildman–Crippen MR) is 65.4 cm³/mol. The average molecular weight is 220 g/mol. The zero-order valence-electron chi connectivity index (χ0n) is 10.3. The van der Waals surface area contributed by atoms with Gasteiger partial charge in [0.2, 0.25) is 0 Å². The molecule has 1 aliphatic heterocycles. The van der Waals surface area contributed by atoms with Crippen LogP contribution in [0.5, 0.6) is 5.75 Å². The third-order valence-corrected chi connectivity index (χ3v) is 2.83. The third-order valence-electron chi connectivity index (χ3n) is 2.83. The molecule has 0 fully saturated rings. The van der Waals surface area contributed by atoms with Crippen LogP contribution < -0.4 is 10.5 Å². The van der Waals surface area contributed by atoms with Crippen molar-refractivity contribution in [2.24, 2.45) is 5.73 Å². The average Bonchev–Trinajstić information content (AvgIpc) is 2.55. The molecule has 1 aromatic rings. The summed E-state index contributed by atoms with van der Waals surface area (Å²) in [5, 5.41) is 0. The van der Waals surface area contributed by atoms with Crippen LogP contribution >= 0.6 is 0 Å². The maximum atomic E-state index is 6.04. The second kappa shape index (κ2) is 4.07. The van der Waals surface area contributed by atoms with Gasteiger partial charge in [-0.2, -0.15) is 0 Å². The van der Waals surface area contributed by atoms with Crippen molar-refractivity contribution in [3.63, 3.8) is 0 Å². The Labute approximate surface area is 97.2 Å². The first-order valence-electron chi connectivity index (χ1n) is 5.65. The van der Waals surface area contributed by atoms with Crippen molar-refractivity contribution in [2.45, 2.75) is 32.5 Å². The number of methoxy groups -OCH3 is 1. The van der Waals surface area contributed by atoms with E-state index in [1.165, 1.54) is 11.1 Å². The van der Waals surface area contributed by atoms with E-state index in [-0.39, 0.29) is 5.54 Å². The summed E-state index contributed by atoms with van der Waals surface area (Å²) < 4.78 is 5.23. The zero-order chi connectivity index (χ0) is 11.8. The number of ether oxygens (including phenoxy) is 1. The number of nitrogens with two attached hydrogens (primary N) is 1. The van der Waals surface area contributed by atoms with Crippen molar-refractivity contribution in [3.8, 4) is 5.75 Å². The normalized spacial score (nSPS) is 16.2. The van der Waals surface area contributed by atoms with Crippen molar-refractivity contribution >= 4 is 0 Å². The maximum absolute atomic E-state index is 6.04. The molecule has 1 aliphatic rings. The first-order valence-corrected chi connectivity index (χ1v) is 5.65. The highest BCUT2D eigenvalue weighted by molar-refractivity contribution is 5.37. The van der Waals surface area contributed by atoms with E-state index in [0.717, 1.165) is 25.4 Å². The van der Waals surface area contributed by atoms with Crippen LogP contribution in [-0.2, 0) is 13.1 Å². The van der Waals surface area contributed by atoms with Crippen molar-refractivity contribution < 1.29 is 4.74 Å². The Morgan fingerprint density at radius 1 is 1.31 bits per heavy atom. The van der Waals surface area contributed by atoms with Gasteiger partial charge in [-0.1, -0.05) is 6.07 Å². The van der Waals surface area contributed by atoms with Gasteiger partial charge in [0.25, 0.3) is 0 Å². The van der Waals surface area contributed by atoms with Gasteiger partial charge in [0.1, 0.15) is 5.75 Å². The second-order valence-corrected chi connectivity index (χ2v) is 5.27. The Balaban J connectivity index is 2.09. The van der Waals surface area contributed by atoms with E-state index in [1.807, 2.05) is 6.07 Å². The van der Waals surface area contributed by atoms with E-state index < -0.39 is 0 Å². The van der Waals surface area contributed by atoms with Gasteiger partial charge in [-0.15, -0.1) is 0 Å². The minimum atomic E-state index is -0.133. The van der Waals surface area contributed by atoms with Crippen LogP contribution in [0.15, 0.2) is 18.2 Å². The number of rotatable bonds is 3. The molecule has 1 aromatic carbocycles. The van der Waals surface area contributed by atoms with Crippen molar-refractivity contribution in [3.05, 3.63) is 29.3 Å². The van der Waals surface area contributed by atoms with Crippen LogP contribution in [0.4, 0.5) is 0 Å². The standard InChI is InChI=1S/C13H20N2O/c1-13(2,14)9-15-7-10-4-5-12(16-3)6-11(10)8-15/h4-6H,7-9,14H2,1-3H3. The molecule has 0 saturated heterocycles. The highest BCUT2D eigenvalue weighted by Gasteiger charge is 2.23. The van der Waals surface area contributed by atoms with Gasteiger partial charge < -0.3 is 10.5 Å². The van der Waals surface area contributed by atoms with Gasteiger partial charge in [0, 0.05) is 25.2 Å². The molecule has 3 nitrogen and oxygen atoms in total. The molecule has 0 saturated carbocycles. The minimum absolute atomic E-state index is 0.133. The monoisotopic (exact) mass is 220 g/mol. The molecule has 0 bridgehead atoms. The van der Waals surface area contributed by atoms with Crippen LogP contribution in [0, 0.1) is 0 Å². The Hall–Kier alpha value is -1.06. The fraction of sp³-hybridized carbons (Fsp3) is 0.538. The first-order chi connectivity index (χ1) is 7.48. The SMILES string of the molecule is COc1ccc2c(c1)CN(CC(C)(C)N)C2. The predicted octanol–water partition coefficient (Wildman–Crippen LogP) is 1.75. The summed E-state index contributed by atoms with van der Waals surface area (Å²) in [6.45, 7) is 7.03. The number of hydrogen-bond donors (Lipinski definition) is 1. The summed E-state index contributed by atoms with van der Waals surface area (Å²) in [5.74, 6) is 0.938. The lowest BCUT2D eigenvalue weighted by Crippen LogP contribution is -2.43. The Morgan fingerprint density at radius 2 is 2.00 bits per heavy atom. The molecule has 2 rings (SSSR count). The van der Waals surface area contributed by atoms with Crippen LogP contribution in [0.1, 0.15) is 25.0 Å². The van der Waals surface area contributed by atoms with Gasteiger partial charge in [-0.25, -0.2) is 0 Å². The van der Waals surface area contributed by atoms with E-state index in [0.29, 0.717) is 0 Å². The highest BCUT2D eigenvalue weighted by atomic mass is 16.5. The van der Waals surface area contributed by atoms with E-state index in [1.54, 1.807) is 7.11 Å². The molecule has 0 unspecified atom stereocenters. The third kappa shape index (κ3) is 2.54. The molecule has 3 heteroatoms. The largest absolute Gasteiger partial charge is 0.497 e. The molecule has 1 heterocycles. The summed E-state index contributed by atoms with van der Waals surface area (Å²) in [6, 6.07) is 6.30. The van der Waals surface area contributed by atoms with Gasteiger partial charge in [-0.3, -0.25) is 4.90 Å². The summed E-state index contributed by atoms with van der Waals surface area (Å²) in [5.41, 5.74) is 8.67. The van der Waals surface area contributed by atoms with Crippen LogP contribution in [0.2, 0.25) is 0 Å². The number of hydrogen-bond acceptors (Lipinski definition) is 3. The lowest BCUT2D eigenvalue weighted by atomic mass is 10.1. The Kier molecular flexibility index (Phi) is 2.91. The molecule has 0 atom stereocenters. The van der Waals surface area contributed by atoms with E-state index >= 15 is 0 Å². The molecule has 16 heavy (non-hydrogen) atoms. The summed E-state index contributed by atoms with van der Waals surface area (Å²) in [6.07, 6.45) is 0. The molecule has 0 radical (unpaired) electrons.